The fourth-order valence-corrected chi connectivity index (χ4v) is 4.40. The molecule has 0 saturated carbocycles. The molecule has 4 rings (SSSR count). The van der Waals surface area contributed by atoms with Gasteiger partial charge in [-0.25, -0.2) is 9.78 Å². The van der Waals surface area contributed by atoms with E-state index >= 15 is 0 Å². The number of amides is 1. The van der Waals surface area contributed by atoms with E-state index in [4.69, 9.17) is 19.3 Å². The number of likely N-dealkylation sites (tertiary alicyclic amines) is 1. The minimum atomic E-state index is -0.486. The zero-order chi connectivity index (χ0) is 25.7. The quantitative estimate of drug-likeness (QED) is 0.502. The largest absolute Gasteiger partial charge is 0.487 e. The molecular formula is C27H32N4O5. The Morgan fingerprint density at radius 3 is 2.72 bits per heavy atom. The van der Waals surface area contributed by atoms with Crippen LogP contribution >= 0.6 is 0 Å². The lowest BCUT2D eigenvalue weighted by Crippen LogP contribution is -2.41. The van der Waals surface area contributed by atoms with Gasteiger partial charge in [0.05, 0.1) is 23.6 Å². The summed E-state index contributed by atoms with van der Waals surface area (Å²) in [6.07, 6.45) is 3.30. The van der Waals surface area contributed by atoms with Crippen LogP contribution in [0.3, 0.4) is 0 Å². The van der Waals surface area contributed by atoms with Crippen LogP contribution < -0.4 is 4.74 Å². The van der Waals surface area contributed by atoms with Crippen molar-refractivity contribution in [2.24, 2.45) is 5.92 Å². The number of hydrogen-bond donors (Lipinski definition) is 1. The molecule has 1 aliphatic heterocycles. The molecule has 1 fully saturated rings. The first-order valence-corrected chi connectivity index (χ1v) is 12.2. The average Bonchev–Trinajstić information content (AvgIpc) is 3.28. The number of aryl methyl sites for hydroxylation is 1. The van der Waals surface area contributed by atoms with Crippen LogP contribution in [0.5, 0.6) is 5.75 Å². The molecule has 0 atom stereocenters. The Labute approximate surface area is 210 Å². The second-order valence-corrected chi connectivity index (χ2v) is 10.1. The lowest BCUT2D eigenvalue weighted by atomic mass is 9.91. The van der Waals surface area contributed by atoms with E-state index in [2.05, 4.69) is 10.1 Å². The van der Waals surface area contributed by atoms with Crippen LogP contribution in [-0.4, -0.2) is 44.9 Å². The Bertz CT molecular complexity index is 1250. The number of nitriles is 1. The van der Waals surface area contributed by atoms with Crippen LogP contribution in [0.1, 0.15) is 62.7 Å². The monoisotopic (exact) mass is 492 g/mol. The van der Waals surface area contributed by atoms with Gasteiger partial charge in [-0.05, 0) is 76.6 Å². The molecular weight excluding hydrogens is 460 g/mol. The summed E-state index contributed by atoms with van der Waals surface area (Å²) in [6.45, 7) is 6.93. The van der Waals surface area contributed by atoms with Crippen LogP contribution in [0.25, 0.3) is 11.0 Å². The predicted molar refractivity (Wildman–Crippen MR) is 132 cm³/mol. The molecule has 1 aromatic carbocycles. The van der Waals surface area contributed by atoms with Gasteiger partial charge >= 0.3 is 6.09 Å². The first-order valence-electron chi connectivity index (χ1n) is 12.2. The van der Waals surface area contributed by atoms with E-state index in [9.17, 15) is 9.90 Å². The number of piperidine rings is 1. The maximum atomic E-state index is 12.3. The number of aliphatic hydroxyl groups is 1. The number of ether oxygens (including phenoxy) is 2. The smallest absolute Gasteiger partial charge is 0.410 e. The van der Waals surface area contributed by atoms with E-state index in [0.29, 0.717) is 47.3 Å². The number of nitrogens with zero attached hydrogens (tertiary/aromatic N) is 4. The fraction of sp³-hybridized carbons (Fsp3) is 0.481. The third-order valence-electron chi connectivity index (χ3n) is 6.29. The van der Waals surface area contributed by atoms with Gasteiger partial charge in [-0.1, -0.05) is 11.2 Å². The number of hydrogen-bond acceptors (Lipinski definition) is 8. The van der Waals surface area contributed by atoms with Crippen LogP contribution in [0.2, 0.25) is 0 Å². The van der Waals surface area contributed by atoms with E-state index in [1.54, 1.807) is 23.1 Å². The molecule has 3 aromatic rings. The zero-order valence-electron chi connectivity index (χ0n) is 21.0. The Hall–Kier alpha value is -3.64. The highest BCUT2D eigenvalue weighted by Crippen LogP contribution is 2.32. The van der Waals surface area contributed by atoms with Gasteiger partial charge in [0.25, 0.3) is 0 Å². The number of pyridine rings is 1. The summed E-state index contributed by atoms with van der Waals surface area (Å²) in [5.74, 6) is 0.985. The third-order valence-corrected chi connectivity index (χ3v) is 6.29. The van der Waals surface area contributed by atoms with Crippen molar-refractivity contribution in [1.82, 2.24) is 15.0 Å². The molecule has 190 valence electrons. The summed E-state index contributed by atoms with van der Waals surface area (Å²) in [5.41, 5.74) is 2.36. The van der Waals surface area contributed by atoms with Crippen molar-refractivity contribution < 1.29 is 23.9 Å². The molecule has 1 saturated heterocycles. The SMILES string of the molecule is CC(C)(C)OC(=O)N1CCC(CCc2noc3c(CO)c(OCc4cccc(C#N)n4)ccc23)CC1. The highest BCUT2D eigenvalue weighted by atomic mass is 16.6. The molecule has 0 unspecified atom stereocenters. The molecule has 9 heteroatoms. The first kappa shape index (κ1) is 25.5. The number of fused-ring (bicyclic) bond motifs is 1. The minimum Gasteiger partial charge on any atom is -0.487 e. The standard InChI is InChI=1S/C27H32N4O5/c1-27(2,3)35-26(33)31-13-11-18(12-14-31)7-9-23-21-8-10-24(22(16-32)25(21)36-30-23)34-17-20-6-4-5-19(15-28)29-20/h4-6,8,10,18,32H,7,9,11-14,16-17H2,1-3H3. The molecule has 9 nitrogen and oxygen atoms in total. The van der Waals surface area contributed by atoms with Crippen molar-refractivity contribution in [1.29, 1.82) is 5.26 Å². The molecule has 3 heterocycles. The molecule has 2 aromatic heterocycles. The maximum absolute atomic E-state index is 12.3. The van der Waals surface area contributed by atoms with Crippen molar-refractivity contribution in [3.8, 4) is 11.8 Å². The minimum absolute atomic E-state index is 0.164. The summed E-state index contributed by atoms with van der Waals surface area (Å²) in [6, 6.07) is 10.9. The van der Waals surface area contributed by atoms with Gasteiger partial charge in [-0.3, -0.25) is 0 Å². The van der Waals surface area contributed by atoms with E-state index in [1.807, 2.05) is 39.0 Å². The number of carbonyl (C=O) groups is 1. The molecule has 0 aliphatic carbocycles. The Morgan fingerprint density at radius 1 is 1.25 bits per heavy atom. The summed E-state index contributed by atoms with van der Waals surface area (Å²) in [5, 5.41) is 24.2. The van der Waals surface area contributed by atoms with E-state index < -0.39 is 5.60 Å². The number of carbonyl (C=O) groups excluding carboxylic acids is 1. The molecule has 36 heavy (non-hydrogen) atoms. The van der Waals surface area contributed by atoms with Gasteiger partial charge in [-0.15, -0.1) is 0 Å². The van der Waals surface area contributed by atoms with E-state index in [0.717, 1.165) is 36.8 Å². The Balaban J connectivity index is 1.36. The van der Waals surface area contributed by atoms with Crippen LogP contribution in [0, 0.1) is 17.2 Å². The normalized spacial score (nSPS) is 14.6. The lowest BCUT2D eigenvalue weighted by molar-refractivity contribution is 0.0181. The molecule has 0 bridgehead atoms. The second-order valence-electron chi connectivity index (χ2n) is 10.1. The van der Waals surface area contributed by atoms with Gasteiger partial charge in [0.1, 0.15) is 29.7 Å². The van der Waals surface area contributed by atoms with E-state index in [-0.39, 0.29) is 19.3 Å². The summed E-state index contributed by atoms with van der Waals surface area (Å²) >= 11 is 0. The van der Waals surface area contributed by atoms with Gasteiger partial charge in [0.15, 0.2) is 5.58 Å². The van der Waals surface area contributed by atoms with Crippen LogP contribution in [-0.2, 0) is 24.4 Å². The Kier molecular flexibility index (Phi) is 7.75. The summed E-state index contributed by atoms with van der Waals surface area (Å²) in [4.78, 5) is 18.3. The van der Waals surface area contributed by atoms with Crippen molar-refractivity contribution in [3.63, 3.8) is 0 Å². The van der Waals surface area contributed by atoms with Crippen LogP contribution in [0.4, 0.5) is 4.79 Å². The molecule has 1 amide bonds. The maximum Gasteiger partial charge on any atom is 0.410 e. The molecule has 0 spiro atoms. The predicted octanol–water partition coefficient (Wildman–Crippen LogP) is 4.75. The van der Waals surface area contributed by atoms with Crippen molar-refractivity contribution >= 4 is 17.1 Å². The van der Waals surface area contributed by atoms with Gasteiger partial charge in [-0.2, -0.15) is 5.26 Å². The first-order chi connectivity index (χ1) is 17.3. The number of benzene rings is 1. The highest BCUT2D eigenvalue weighted by molar-refractivity contribution is 5.84. The molecule has 1 N–H and O–H groups in total. The lowest BCUT2D eigenvalue weighted by Gasteiger charge is -2.33. The number of rotatable bonds is 7. The summed E-state index contributed by atoms with van der Waals surface area (Å²) in [7, 11) is 0. The molecule has 0 radical (unpaired) electrons. The third kappa shape index (κ3) is 6.13. The summed E-state index contributed by atoms with van der Waals surface area (Å²) < 4.78 is 17.0. The van der Waals surface area contributed by atoms with E-state index in [1.165, 1.54) is 0 Å². The van der Waals surface area contributed by atoms with Crippen molar-refractivity contribution in [2.45, 2.75) is 65.3 Å². The average molecular weight is 493 g/mol. The molecule has 1 aliphatic rings. The van der Waals surface area contributed by atoms with Gasteiger partial charge < -0.3 is 24.0 Å². The van der Waals surface area contributed by atoms with Gasteiger partial charge in [0, 0.05) is 18.5 Å². The number of aliphatic hydroxyl groups excluding tert-OH is 1. The topological polar surface area (TPSA) is 122 Å². The second kappa shape index (κ2) is 11.0. The zero-order valence-corrected chi connectivity index (χ0v) is 21.0. The Morgan fingerprint density at radius 2 is 2.03 bits per heavy atom. The van der Waals surface area contributed by atoms with Crippen molar-refractivity contribution in [2.75, 3.05) is 13.1 Å². The number of aromatic nitrogens is 2. The van der Waals surface area contributed by atoms with Crippen molar-refractivity contribution in [3.05, 3.63) is 53.0 Å². The highest BCUT2D eigenvalue weighted by Gasteiger charge is 2.27. The van der Waals surface area contributed by atoms with Crippen LogP contribution in [0.15, 0.2) is 34.9 Å². The van der Waals surface area contributed by atoms with Gasteiger partial charge in [0.2, 0.25) is 0 Å². The fourth-order valence-electron chi connectivity index (χ4n) is 4.40.